The van der Waals surface area contributed by atoms with Crippen LogP contribution in [0.1, 0.15) is 36.2 Å². The van der Waals surface area contributed by atoms with E-state index in [1.807, 2.05) is 25.3 Å². The van der Waals surface area contributed by atoms with Gasteiger partial charge in [0.25, 0.3) is 0 Å². The van der Waals surface area contributed by atoms with Crippen molar-refractivity contribution in [1.82, 2.24) is 10.3 Å². The highest BCUT2D eigenvalue weighted by Crippen LogP contribution is 2.29. The van der Waals surface area contributed by atoms with E-state index in [0.717, 1.165) is 29.7 Å². The van der Waals surface area contributed by atoms with Crippen molar-refractivity contribution < 1.29 is 4.42 Å². The molecule has 1 aromatic carbocycles. The summed E-state index contributed by atoms with van der Waals surface area (Å²) < 4.78 is 5.28. The predicted molar refractivity (Wildman–Crippen MR) is 85.3 cm³/mol. The van der Waals surface area contributed by atoms with Gasteiger partial charge in [0.2, 0.25) is 0 Å². The van der Waals surface area contributed by atoms with Gasteiger partial charge in [0.15, 0.2) is 0 Å². The molecule has 0 fully saturated rings. The Kier molecular flexibility index (Phi) is 4.02. The fourth-order valence-corrected chi connectivity index (χ4v) is 2.71. The maximum atomic E-state index is 5.28. The summed E-state index contributed by atoms with van der Waals surface area (Å²) >= 11 is 0. The summed E-state index contributed by atoms with van der Waals surface area (Å²) in [6, 6.07) is 12.6. The van der Waals surface area contributed by atoms with Crippen molar-refractivity contribution >= 4 is 10.9 Å². The summed E-state index contributed by atoms with van der Waals surface area (Å²) in [6.07, 6.45) is 4.64. The van der Waals surface area contributed by atoms with Crippen molar-refractivity contribution in [2.24, 2.45) is 0 Å². The van der Waals surface area contributed by atoms with Gasteiger partial charge in [-0.3, -0.25) is 4.98 Å². The van der Waals surface area contributed by atoms with E-state index in [0.29, 0.717) is 0 Å². The van der Waals surface area contributed by atoms with E-state index in [2.05, 4.69) is 41.5 Å². The first-order valence-corrected chi connectivity index (χ1v) is 7.41. The highest BCUT2D eigenvalue weighted by molar-refractivity contribution is 5.83. The Hall–Kier alpha value is -2.13. The molecule has 3 nitrogen and oxygen atoms in total. The van der Waals surface area contributed by atoms with Crippen molar-refractivity contribution in [3.05, 3.63) is 65.7 Å². The number of para-hydroxylation sites is 1. The van der Waals surface area contributed by atoms with Crippen LogP contribution in [0.3, 0.4) is 0 Å². The molecule has 108 valence electrons. The molecule has 0 amide bonds. The lowest BCUT2D eigenvalue weighted by Crippen LogP contribution is -2.23. The molecular formula is C18H20N2O. The molecule has 1 N–H and O–H groups in total. The van der Waals surface area contributed by atoms with E-state index in [4.69, 9.17) is 4.42 Å². The Morgan fingerprint density at radius 1 is 1.24 bits per heavy atom. The molecular weight excluding hydrogens is 260 g/mol. The zero-order valence-corrected chi connectivity index (χ0v) is 12.5. The number of furan rings is 1. The number of pyridine rings is 1. The molecule has 21 heavy (non-hydrogen) atoms. The molecule has 1 unspecified atom stereocenters. The van der Waals surface area contributed by atoms with Crippen LogP contribution in [0.2, 0.25) is 0 Å². The number of hydrogen-bond donors (Lipinski definition) is 1. The first-order chi connectivity index (χ1) is 10.3. The van der Waals surface area contributed by atoms with Gasteiger partial charge >= 0.3 is 0 Å². The Morgan fingerprint density at radius 3 is 2.86 bits per heavy atom. The van der Waals surface area contributed by atoms with Crippen LogP contribution in [0, 0.1) is 6.92 Å². The smallest absolute Gasteiger partial charge is 0.0953 e. The van der Waals surface area contributed by atoms with E-state index in [-0.39, 0.29) is 6.04 Å². The van der Waals surface area contributed by atoms with E-state index in [1.54, 1.807) is 6.26 Å². The van der Waals surface area contributed by atoms with Crippen LogP contribution >= 0.6 is 0 Å². The normalized spacial score (nSPS) is 12.7. The summed E-state index contributed by atoms with van der Waals surface area (Å²) in [6.45, 7) is 5.18. The predicted octanol–water partition coefficient (Wildman–Crippen LogP) is 4.23. The Morgan fingerprint density at radius 2 is 2.10 bits per heavy atom. The van der Waals surface area contributed by atoms with Crippen LogP contribution in [0.5, 0.6) is 0 Å². The van der Waals surface area contributed by atoms with E-state index >= 15 is 0 Å². The molecule has 3 rings (SSSR count). The summed E-state index contributed by atoms with van der Waals surface area (Å²) in [5, 5.41) is 4.81. The monoisotopic (exact) mass is 280 g/mol. The number of hydrogen-bond acceptors (Lipinski definition) is 3. The van der Waals surface area contributed by atoms with Crippen molar-refractivity contribution in [2.75, 3.05) is 6.54 Å². The van der Waals surface area contributed by atoms with Crippen molar-refractivity contribution in [2.45, 2.75) is 26.3 Å². The van der Waals surface area contributed by atoms with Gasteiger partial charge < -0.3 is 9.73 Å². The molecule has 3 heteroatoms. The van der Waals surface area contributed by atoms with Gasteiger partial charge in [-0.15, -0.1) is 0 Å². The van der Waals surface area contributed by atoms with Gasteiger partial charge in [-0.05, 0) is 43.7 Å². The van der Waals surface area contributed by atoms with Crippen LogP contribution in [0.4, 0.5) is 0 Å². The minimum Gasteiger partial charge on any atom is -0.472 e. The van der Waals surface area contributed by atoms with Gasteiger partial charge in [0, 0.05) is 16.6 Å². The summed E-state index contributed by atoms with van der Waals surface area (Å²) in [4.78, 5) is 4.63. The molecule has 0 aliphatic carbocycles. The minimum atomic E-state index is 0.135. The third kappa shape index (κ3) is 2.83. The lowest BCUT2D eigenvalue weighted by atomic mass is 9.96. The minimum absolute atomic E-state index is 0.135. The lowest BCUT2D eigenvalue weighted by Gasteiger charge is -2.20. The topological polar surface area (TPSA) is 38.1 Å². The first kappa shape index (κ1) is 13.8. The third-order valence-corrected chi connectivity index (χ3v) is 3.66. The molecule has 0 radical (unpaired) electrons. The zero-order valence-electron chi connectivity index (χ0n) is 12.5. The van der Waals surface area contributed by atoms with E-state index in [1.165, 1.54) is 10.9 Å². The fraction of sp³-hybridized carbons (Fsp3) is 0.278. The van der Waals surface area contributed by atoms with Crippen LogP contribution in [0.15, 0.2) is 53.3 Å². The number of benzene rings is 1. The highest BCUT2D eigenvalue weighted by atomic mass is 16.3. The molecule has 0 aliphatic heterocycles. The fourth-order valence-electron chi connectivity index (χ4n) is 2.71. The molecule has 2 aromatic heterocycles. The molecule has 0 saturated heterocycles. The van der Waals surface area contributed by atoms with Crippen molar-refractivity contribution in [1.29, 1.82) is 0 Å². The lowest BCUT2D eigenvalue weighted by molar-refractivity contribution is 0.549. The maximum absolute atomic E-state index is 5.28. The highest BCUT2D eigenvalue weighted by Gasteiger charge is 2.18. The molecule has 2 heterocycles. The second-order valence-corrected chi connectivity index (χ2v) is 5.31. The van der Waals surface area contributed by atoms with Gasteiger partial charge in [-0.25, -0.2) is 0 Å². The Balaban J connectivity index is 2.14. The van der Waals surface area contributed by atoms with Gasteiger partial charge in [0.05, 0.1) is 24.1 Å². The number of nitrogens with one attached hydrogen (secondary N) is 1. The van der Waals surface area contributed by atoms with Gasteiger partial charge in [-0.1, -0.05) is 25.1 Å². The molecule has 0 bridgehead atoms. The number of rotatable bonds is 5. The van der Waals surface area contributed by atoms with Gasteiger partial charge in [0.1, 0.15) is 0 Å². The molecule has 0 saturated carbocycles. The van der Waals surface area contributed by atoms with Crippen LogP contribution < -0.4 is 5.32 Å². The van der Waals surface area contributed by atoms with Gasteiger partial charge in [-0.2, -0.15) is 0 Å². The third-order valence-electron chi connectivity index (χ3n) is 3.66. The van der Waals surface area contributed by atoms with Crippen LogP contribution in [-0.4, -0.2) is 11.5 Å². The Labute approximate surface area is 125 Å². The molecule has 1 atom stereocenters. The second kappa shape index (κ2) is 6.10. The van der Waals surface area contributed by atoms with Crippen LogP contribution in [0.25, 0.3) is 10.9 Å². The van der Waals surface area contributed by atoms with E-state index in [9.17, 15) is 0 Å². The summed E-state index contributed by atoms with van der Waals surface area (Å²) in [5.41, 5.74) is 4.49. The standard InChI is InChI=1S/C18H20N2O/c1-3-9-19-18(14-8-10-21-12-14)16-11-13(2)20-17-7-5-4-6-15(16)17/h4-8,10-12,18-19H,3,9H2,1-2H3. The SMILES string of the molecule is CCCNC(c1ccoc1)c1cc(C)nc2ccccc12. The quantitative estimate of drug-likeness (QED) is 0.760. The number of aryl methyl sites for hydroxylation is 1. The number of fused-ring (bicyclic) bond motifs is 1. The van der Waals surface area contributed by atoms with Crippen molar-refractivity contribution in [3.63, 3.8) is 0 Å². The van der Waals surface area contributed by atoms with E-state index < -0.39 is 0 Å². The molecule has 3 aromatic rings. The number of nitrogens with zero attached hydrogens (tertiary/aromatic N) is 1. The summed E-state index contributed by atoms with van der Waals surface area (Å²) in [7, 11) is 0. The maximum Gasteiger partial charge on any atom is 0.0953 e. The number of aromatic nitrogens is 1. The summed E-state index contributed by atoms with van der Waals surface area (Å²) in [5.74, 6) is 0. The van der Waals surface area contributed by atoms with Crippen LogP contribution in [-0.2, 0) is 0 Å². The largest absolute Gasteiger partial charge is 0.472 e. The zero-order chi connectivity index (χ0) is 14.7. The average Bonchev–Trinajstić information content (AvgIpc) is 3.01. The molecule has 0 aliphatic rings. The first-order valence-electron chi connectivity index (χ1n) is 7.41. The van der Waals surface area contributed by atoms with Crippen molar-refractivity contribution in [3.8, 4) is 0 Å². The Bertz CT molecular complexity index is 719. The molecule has 0 spiro atoms. The second-order valence-electron chi connectivity index (χ2n) is 5.31. The average molecular weight is 280 g/mol.